The van der Waals surface area contributed by atoms with Crippen LogP contribution in [0.5, 0.6) is 11.5 Å². The van der Waals surface area contributed by atoms with Gasteiger partial charge in [0.2, 0.25) is 5.91 Å². The highest BCUT2D eigenvalue weighted by atomic mass is 35.5. The predicted molar refractivity (Wildman–Crippen MR) is 88.6 cm³/mol. The molecule has 0 unspecified atom stereocenters. The lowest BCUT2D eigenvalue weighted by Gasteiger charge is -2.25. The van der Waals surface area contributed by atoms with Gasteiger partial charge in [-0.25, -0.2) is 0 Å². The Morgan fingerprint density at radius 3 is 2.50 bits per heavy atom. The number of benzene rings is 1. The molecule has 0 heterocycles. The van der Waals surface area contributed by atoms with Gasteiger partial charge in [0.25, 0.3) is 0 Å². The van der Waals surface area contributed by atoms with Crippen LogP contribution in [0, 0.1) is 0 Å². The molecule has 4 nitrogen and oxygen atoms in total. The van der Waals surface area contributed by atoms with E-state index >= 15 is 0 Å². The van der Waals surface area contributed by atoms with Crippen molar-refractivity contribution in [2.45, 2.75) is 38.8 Å². The normalized spacial score (nSPS) is 14.5. The van der Waals surface area contributed by atoms with E-state index in [4.69, 9.17) is 21.1 Å². The monoisotopic (exact) mass is 323 g/mol. The van der Waals surface area contributed by atoms with Crippen molar-refractivity contribution in [3.05, 3.63) is 28.8 Å². The second-order valence-electron chi connectivity index (χ2n) is 5.64. The third-order valence-corrected chi connectivity index (χ3v) is 3.91. The molecule has 2 rings (SSSR count). The van der Waals surface area contributed by atoms with E-state index in [9.17, 15) is 4.79 Å². The topological polar surface area (TPSA) is 38.8 Å². The molecule has 5 heteroatoms. The maximum absolute atomic E-state index is 12.4. The minimum Gasteiger partial charge on any atom is -0.493 e. The van der Waals surface area contributed by atoms with E-state index in [2.05, 4.69) is 0 Å². The molecule has 1 aromatic carbocycles. The zero-order valence-corrected chi connectivity index (χ0v) is 14.2. The summed E-state index contributed by atoms with van der Waals surface area (Å²) >= 11 is 6.17. The van der Waals surface area contributed by atoms with Crippen molar-refractivity contribution in [2.24, 2.45) is 0 Å². The fourth-order valence-electron chi connectivity index (χ4n) is 2.50. The summed E-state index contributed by atoms with van der Waals surface area (Å²) in [6, 6.07) is 4.15. The van der Waals surface area contributed by atoms with E-state index < -0.39 is 0 Å². The van der Waals surface area contributed by atoms with Crippen LogP contribution in [0.1, 0.15) is 32.3 Å². The average molecular weight is 324 g/mol. The van der Waals surface area contributed by atoms with E-state index in [1.54, 1.807) is 38.5 Å². The van der Waals surface area contributed by atoms with Gasteiger partial charge in [-0.05, 0) is 50.5 Å². The SMILES string of the molecule is COc1cc(/C=C/C(=O)N(C(C)C)C2CC2)cc(Cl)c1OC. The van der Waals surface area contributed by atoms with Crippen molar-refractivity contribution in [1.29, 1.82) is 0 Å². The number of carbonyl (C=O) groups excluding carboxylic acids is 1. The van der Waals surface area contributed by atoms with Crippen LogP contribution in [-0.2, 0) is 4.79 Å². The third kappa shape index (κ3) is 3.74. The fourth-order valence-corrected chi connectivity index (χ4v) is 2.79. The van der Waals surface area contributed by atoms with Crippen LogP contribution < -0.4 is 9.47 Å². The molecule has 22 heavy (non-hydrogen) atoms. The molecule has 1 amide bonds. The fraction of sp³-hybridized carbons (Fsp3) is 0.471. The lowest BCUT2D eigenvalue weighted by Crippen LogP contribution is -2.37. The van der Waals surface area contributed by atoms with Gasteiger partial charge in [0.1, 0.15) is 0 Å². The number of ether oxygens (including phenoxy) is 2. The van der Waals surface area contributed by atoms with Crippen LogP contribution in [0.15, 0.2) is 18.2 Å². The first-order valence-electron chi connectivity index (χ1n) is 7.39. The summed E-state index contributed by atoms with van der Waals surface area (Å²) in [7, 11) is 3.10. The Kier molecular flexibility index (Phi) is 5.35. The molecular formula is C17H22ClNO3. The van der Waals surface area contributed by atoms with Gasteiger partial charge in [-0.15, -0.1) is 0 Å². The Morgan fingerprint density at radius 1 is 1.32 bits per heavy atom. The summed E-state index contributed by atoms with van der Waals surface area (Å²) in [6.07, 6.45) is 5.55. The van der Waals surface area contributed by atoms with Crippen molar-refractivity contribution >= 4 is 23.6 Å². The second kappa shape index (κ2) is 7.05. The number of nitrogens with zero attached hydrogens (tertiary/aromatic N) is 1. The molecule has 1 aliphatic carbocycles. The van der Waals surface area contributed by atoms with Crippen LogP contribution in [0.25, 0.3) is 6.08 Å². The molecule has 0 N–H and O–H groups in total. The molecular weight excluding hydrogens is 302 g/mol. The summed E-state index contributed by atoms with van der Waals surface area (Å²) in [5, 5.41) is 0.455. The van der Waals surface area contributed by atoms with Gasteiger partial charge in [0.15, 0.2) is 11.5 Å². The minimum absolute atomic E-state index is 0.0309. The van der Waals surface area contributed by atoms with Crippen LogP contribution in [-0.4, -0.2) is 37.1 Å². The van der Waals surface area contributed by atoms with E-state index in [-0.39, 0.29) is 11.9 Å². The Bertz CT molecular complexity index is 578. The third-order valence-electron chi connectivity index (χ3n) is 3.63. The maximum Gasteiger partial charge on any atom is 0.247 e. The van der Waals surface area contributed by atoms with Crippen LogP contribution in [0.2, 0.25) is 5.02 Å². The van der Waals surface area contributed by atoms with Gasteiger partial charge in [-0.1, -0.05) is 11.6 Å². The summed E-state index contributed by atoms with van der Waals surface area (Å²) < 4.78 is 10.5. The summed E-state index contributed by atoms with van der Waals surface area (Å²) in [5.41, 5.74) is 0.801. The lowest BCUT2D eigenvalue weighted by molar-refractivity contribution is -0.128. The number of hydrogen-bond donors (Lipinski definition) is 0. The molecule has 0 bridgehead atoms. The van der Waals surface area contributed by atoms with Gasteiger partial charge >= 0.3 is 0 Å². The highest BCUT2D eigenvalue weighted by Crippen LogP contribution is 2.36. The number of hydrogen-bond acceptors (Lipinski definition) is 3. The van der Waals surface area contributed by atoms with E-state index in [0.717, 1.165) is 18.4 Å². The summed E-state index contributed by atoms with van der Waals surface area (Å²) in [5.74, 6) is 1.07. The predicted octanol–water partition coefficient (Wildman–Crippen LogP) is 3.77. The molecule has 1 aliphatic rings. The van der Waals surface area contributed by atoms with Crippen molar-refractivity contribution in [2.75, 3.05) is 14.2 Å². The number of halogens is 1. The largest absolute Gasteiger partial charge is 0.493 e. The smallest absolute Gasteiger partial charge is 0.247 e. The minimum atomic E-state index is 0.0309. The highest BCUT2D eigenvalue weighted by Gasteiger charge is 2.33. The first kappa shape index (κ1) is 16.7. The number of amides is 1. The molecule has 0 atom stereocenters. The quantitative estimate of drug-likeness (QED) is 0.748. The van der Waals surface area contributed by atoms with Crippen LogP contribution >= 0.6 is 11.6 Å². The zero-order chi connectivity index (χ0) is 16.3. The highest BCUT2D eigenvalue weighted by molar-refractivity contribution is 6.32. The molecule has 0 saturated heterocycles. The average Bonchev–Trinajstić information content (AvgIpc) is 3.28. The Hall–Kier alpha value is -1.68. The lowest BCUT2D eigenvalue weighted by atomic mass is 10.1. The standard InChI is InChI=1S/C17H22ClNO3/c1-11(2)19(13-6-7-13)16(20)8-5-12-9-14(18)17(22-4)15(10-12)21-3/h5,8-11,13H,6-7H2,1-4H3/b8-5+. The number of carbonyl (C=O) groups is 1. The van der Waals surface area contributed by atoms with E-state index in [1.807, 2.05) is 18.7 Å². The van der Waals surface area contributed by atoms with Crippen molar-refractivity contribution in [3.63, 3.8) is 0 Å². The molecule has 0 aliphatic heterocycles. The van der Waals surface area contributed by atoms with Gasteiger partial charge < -0.3 is 14.4 Å². The van der Waals surface area contributed by atoms with Crippen LogP contribution in [0.4, 0.5) is 0 Å². The molecule has 1 fully saturated rings. The van der Waals surface area contributed by atoms with Gasteiger partial charge in [0.05, 0.1) is 19.2 Å². The number of rotatable bonds is 6. The Morgan fingerprint density at radius 2 is 2.00 bits per heavy atom. The van der Waals surface area contributed by atoms with Crippen molar-refractivity contribution in [3.8, 4) is 11.5 Å². The molecule has 0 radical (unpaired) electrons. The number of methoxy groups -OCH3 is 2. The summed E-state index contributed by atoms with van der Waals surface area (Å²) in [4.78, 5) is 14.3. The maximum atomic E-state index is 12.4. The Labute approximate surface area is 136 Å². The van der Waals surface area contributed by atoms with Gasteiger partial charge in [0, 0.05) is 18.2 Å². The van der Waals surface area contributed by atoms with Crippen molar-refractivity contribution in [1.82, 2.24) is 4.90 Å². The van der Waals surface area contributed by atoms with Gasteiger partial charge in [-0.2, -0.15) is 0 Å². The first-order chi connectivity index (χ1) is 10.5. The first-order valence-corrected chi connectivity index (χ1v) is 7.77. The van der Waals surface area contributed by atoms with E-state index in [1.165, 1.54) is 0 Å². The Balaban J connectivity index is 2.19. The summed E-state index contributed by atoms with van der Waals surface area (Å²) in [6.45, 7) is 4.08. The van der Waals surface area contributed by atoms with E-state index in [0.29, 0.717) is 22.6 Å². The van der Waals surface area contributed by atoms with Crippen molar-refractivity contribution < 1.29 is 14.3 Å². The van der Waals surface area contributed by atoms with Crippen LogP contribution in [0.3, 0.4) is 0 Å². The molecule has 0 aromatic heterocycles. The molecule has 120 valence electrons. The second-order valence-corrected chi connectivity index (χ2v) is 6.05. The molecule has 1 saturated carbocycles. The molecule has 1 aromatic rings. The zero-order valence-electron chi connectivity index (χ0n) is 13.4. The molecule has 0 spiro atoms. The van der Waals surface area contributed by atoms with Gasteiger partial charge in [-0.3, -0.25) is 4.79 Å².